The summed E-state index contributed by atoms with van der Waals surface area (Å²) in [6, 6.07) is 23.0. The van der Waals surface area contributed by atoms with Crippen molar-refractivity contribution in [2.45, 2.75) is 13.0 Å². The first-order valence-corrected chi connectivity index (χ1v) is 7.22. The summed E-state index contributed by atoms with van der Waals surface area (Å²) in [5, 5.41) is 3.11. The van der Waals surface area contributed by atoms with Gasteiger partial charge in [0.25, 0.3) is 0 Å². The van der Waals surface area contributed by atoms with Crippen molar-refractivity contribution < 1.29 is 4.42 Å². The third-order valence-corrected chi connectivity index (χ3v) is 3.53. The standard InChI is InChI=1S/C19H19NO/c1-20-14-17-11-12-19(21-17)18-10-6-5-9-16(18)13-15-7-3-2-4-8-15/h2-12,20H,13-14H2,1H3. The molecule has 1 heterocycles. The molecule has 1 aromatic heterocycles. The third kappa shape index (κ3) is 3.23. The second-order valence-electron chi connectivity index (χ2n) is 5.12. The molecule has 0 spiro atoms. The topological polar surface area (TPSA) is 25.2 Å². The van der Waals surface area contributed by atoms with Gasteiger partial charge in [-0.15, -0.1) is 0 Å². The van der Waals surface area contributed by atoms with Gasteiger partial charge < -0.3 is 9.73 Å². The van der Waals surface area contributed by atoms with Crippen LogP contribution in [-0.4, -0.2) is 7.05 Å². The minimum atomic E-state index is 0.751. The van der Waals surface area contributed by atoms with Crippen molar-refractivity contribution in [1.82, 2.24) is 5.32 Å². The molecule has 106 valence electrons. The van der Waals surface area contributed by atoms with Crippen LogP contribution in [0.1, 0.15) is 16.9 Å². The van der Waals surface area contributed by atoms with Crippen LogP contribution in [-0.2, 0) is 13.0 Å². The second kappa shape index (κ2) is 6.42. The highest BCUT2D eigenvalue weighted by molar-refractivity contribution is 5.63. The molecule has 0 fully saturated rings. The number of rotatable bonds is 5. The molecule has 0 unspecified atom stereocenters. The Labute approximate surface area is 125 Å². The highest BCUT2D eigenvalue weighted by atomic mass is 16.3. The minimum Gasteiger partial charge on any atom is -0.460 e. The molecular formula is C19H19NO. The van der Waals surface area contributed by atoms with E-state index in [1.807, 2.05) is 19.2 Å². The van der Waals surface area contributed by atoms with E-state index in [1.54, 1.807) is 0 Å². The lowest BCUT2D eigenvalue weighted by Crippen LogP contribution is -2.03. The zero-order valence-electron chi connectivity index (χ0n) is 12.2. The largest absolute Gasteiger partial charge is 0.460 e. The van der Waals surface area contributed by atoms with E-state index in [1.165, 1.54) is 16.7 Å². The highest BCUT2D eigenvalue weighted by Gasteiger charge is 2.09. The Bertz CT molecular complexity index is 700. The maximum atomic E-state index is 5.93. The summed E-state index contributed by atoms with van der Waals surface area (Å²) < 4.78 is 5.93. The van der Waals surface area contributed by atoms with Crippen molar-refractivity contribution in [2.75, 3.05) is 7.05 Å². The molecule has 0 radical (unpaired) electrons. The summed E-state index contributed by atoms with van der Waals surface area (Å²) in [6.07, 6.45) is 0.916. The number of furan rings is 1. The molecule has 0 aliphatic rings. The summed E-state index contributed by atoms with van der Waals surface area (Å²) >= 11 is 0. The van der Waals surface area contributed by atoms with Crippen molar-refractivity contribution in [3.05, 3.63) is 83.6 Å². The molecule has 0 bridgehead atoms. The van der Waals surface area contributed by atoms with E-state index >= 15 is 0 Å². The Hall–Kier alpha value is -2.32. The van der Waals surface area contributed by atoms with Crippen molar-refractivity contribution >= 4 is 0 Å². The Morgan fingerprint density at radius 2 is 1.62 bits per heavy atom. The van der Waals surface area contributed by atoms with Crippen LogP contribution >= 0.6 is 0 Å². The molecular weight excluding hydrogens is 258 g/mol. The van der Waals surface area contributed by atoms with E-state index in [4.69, 9.17) is 4.42 Å². The van der Waals surface area contributed by atoms with Crippen molar-refractivity contribution in [3.63, 3.8) is 0 Å². The zero-order chi connectivity index (χ0) is 14.5. The van der Waals surface area contributed by atoms with Gasteiger partial charge in [-0.3, -0.25) is 0 Å². The molecule has 2 heteroatoms. The van der Waals surface area contributed by atoms with Crippen molar-refractivity contribution in [2.24, 2.45) is 0 Å². The van der Waals surface area contributed by atoms with E-state index in [0.29, 0.717) is 0 Å². The maximum Gasteiger partial charge on any atom is 0.134 e. The van der Waals surface area contributed by atoms with Gasteiger partial charge in [-0.2, -0.15) is 0 Å². The van der Waals surface area contributed by atoms with Crippen LogP contribution in [0, 0.1) is 0 Å². The van der Waals surface area contributed by atoms with Crippen LogP contribution in [0.25, 0.3) is 11.3 Å². The van der Waals surface area contributed by atoms with Crippen LogP contribution in [0.3, 0.4) is 0 Å². The molecule has 1 N–H and O–H groups in total. The predicted molar refractivity (Wildman–Crippen MR) is 86.2 cm³/mol. The molecule has 0 saturated heterocycles. The van der Waals surface area contributed by atoms with Gasteiger partial charge in [0.05, 0.1) is 6.54 Å². The van der Waals surface area contributed by atoms with Gasteiger partial charge in [0.1, 0.15) is 11.5 Å². The Morgan fingerprint density at radius 3 is 2.43 bits per heavy atom. The maximum absolute atomic E-state index is 5.93. The van der Waals surface area contributed by atoms with E-state index in [9.17, 15) is 0 Å². The Morgan fingerprint density at radius 1 is 0.857 bits per heavy atom. The lowest BCUT2D eigenvalue weighted by Gasteiger charge is -2.07. The van der Waals surface area contributed by atoms with Gasteiger partial charge in [-0.1, -0.05) is 54.6 Å². The summed E-state index contributed by atoms with van der Waals surface area (Å²) in [6.45, 7) is 0.751. The third-order valence-electron chi connectivity index (χ3n) is 3.53. The van der Waals surface area contributed by atoms with Crippen LogP contribution < -0.4 is 5.32 Å². The van der Waals surface area contributed by atoms with Gasteiger partial charge in [0.2, 0.25) is 0 Å². The predicted octanol–water partition coefficient (Wildman–Crippen LogP) is 4.26. The fourth-order valence-electron chi connectivity index (χ4n) is 2.52. The van der Waals surface area contributed by atoms with Gasteiger partial charge in [0, 0.05) is 5.56 Å². The summed E-state index contributed by atoms with van der Waals surface area (Å²) in [5.74, 6) is 1.90. The SMILES string of the molecule is CNCc1ccc(-c2ccccc2Cc2ccccc2)o1. The fraction of sp³-hybridized carbons (Fsp3) is 0.158. The van der Waals surface area contributed by atoms with E-state index < -0.39 is 0 Å². The average Bonchev–Trinajstić information content (AvgIpc) is 2.98. The first kappa shape index (κ1) is 13.7. The van der Waals surface area contributed by atoms with Crippen LogP contribution in [0.2, 0.25) is 0 Å². The monoisotopic (exact) mass is 277 g/mol. The van der Waals surface area contributed by atoms with Gasteiger partial charge in [-0.05, 0) is 36.7 Å². The van der Waals surface area contributed by atoms with E-state index in [-0.39, 0.29) is 0 Å². The molecule has 0 saturated carbocycles. The van der Waals surface area contributed by atoms with Crippen molar-refractivity contribution in [1.29, 1.82) is 0 Å². The van der Waals surface area contributed by atoms with Gasteiger partial charge in [-0.25, -0.2) is 0 Å². The molecule has 21 heavy (non-hydrogen) atoms. The fourth-order valence-corrected chi connectivity index (χ4v) is 2.52. The van der Waals surface area contributed by atoms with Crippen LogP contribution in [0.4, 0.5) is 0 Å². The first-order chi connectivity index (χ1) is 10.4. The second-order valence-corrected chi connectivity index (χ2v) is 5.12. The molecule has 0 atom stereocenters. The van der Waals surface area contributed by atoms with E-state index in [0.717, 1.165) is 24.5 Å². The quantitative estimate of drug-likeness (QED) is 0.754. The summed E-state index contributed by atoms with van der Waals surface area (Å²) in [5.41, 5.74) is 3.77. The minimum absolute atomic E-state index is 0.751. The highest BCUT2D eigenvalue weighted by Crippen LogP contribution is 2.27. The Kier molecular flexibility index (Phi) is 4.17. The molecule has 2 nitrogen and oxygen atoms in total. The molecule has 0 amide bonds. The normalized spacial score (nSPS) is 10.7. The molecule has 3 aromatic rings. The molecule has 0 aliphatic carbocycles. The molecule has 0 aliphatic heterocycles. The number of hydrogen-bond donors (Lipinski definition) is 1. The van der Waals surface area contributed by atoms with E-state index in [2.05, 4.69) is 59.9 Å². The summed E-state index contributed by atoms with van der Waals surface area (Å²) in [4.78, 5) is 0. The van der Waals surface area contributed by atoms with Gasteiger partial charge >= 0.3 is 0 Å². The zero-order valence-corrected chi connectivity index (χ0v) is 12.2. The van der Waals surface area contributed by atoms with Crippen LogP contribution in [0.5, 0.6) is 0 Å². The lowest BCUT2D eigenvalue weighted by molar-refractivity contribution is 0.507. The average molecular weight is 277 g/mol. The number of benzene rings is 2. The molecule has 2 aromatic carbocycles. The number of hydrogen-bond acceptors (Lipinski definition) is 2. The van der Waals surface area contributed by atoms with Gasteiger partial charge in [0.15, 0.2) is 0 Å². The molecule has 3 rings (SSSR count). The lowest BCUT2D eigenvalue weighted by atomic mass is 9.98. The van der Waals surface area contributed by atoms with Crippen molar-refractivity contribution in [3.8, 4) is 11.3 Å². The summed E-state index contributed by atoms with van der Waals surface area (Å²) in [7, 11) is 1.92. The van der Waals surface area contributed by atoms with Crippen LogP contribution in [0.15, 0.2) is 71.1 Å². The first-order valence-electron chi connectivity index (χ1n) is 7.22. The Balaban J connectivity index is 1.91. The smallest absolute Gasteiger partial charge is 0.134 e. The number of nitrogens with one attached hydrogen (secondary N) is 1.